The number of hydrogen-bond donors (Lipinski definition) is 2. The van der Waals surface area contributed by atoms with Gasteiger partial charge >= 0.3 is 5.97 Å². The Morgan fingerprint density at radius 3 is 3.11 bits per heavy atom. The van der Waals surface area contributed by atoms with Gasteiger partial charge in [0, 0.05) is 19.3 Å². The Bertz CT molecular complexity index is 622. The average Bonchev–Trinajstić information content (AvgIpc) is 2.98. The number of anilines is 1. The standard InChI is InChI=1S/C13H16N4O2/c1-17-7-15-11-10(17)5-6-14-12(11)16-9-4-2-3-8(9)13(18)19/h5-9H,2-4H2,1H3,(H,14,16)(H,18,19). The molecule has 0 aliphatic heterocycles. The zero-order chi connectivity index (χ0) is 13.4. The molecule has 1 fully saturated rings. The van der Waals surface area contributed by atoms with E-state index in [1.165, 1.54) is 0 Å². The summed E-state index contributed by atoms with van der Waals surface area (Å²) in [4.78, 5) is 19.8. The molecule has 6 nitrogen and oxygen atoms in total. The molecule has 2 atom stereocenters. The van der Waals surface area contributed by atoms with Gasteiger partial charge in [-0.1, -0.05) is 6.42 Å². The molecule has 19 heavy (non-hydrogen) atoms. The molecule has 2 heterocycles. The maximum atomic E-state index is 11.2. The molecule has 1 saturated carbocycles. The molecule has 0 bridgehead atoms. The average molecular weight is 260 g/mol. The van der Waals surface area contributed by atoms with Crippen LogP contribution in [-0.2, 0) is 11.8 Å². The largest absolute Gasteiger partial charge is 0.481 e. The number of pyridine rings is 1. The first-order chi connectivity index (χ1) is 9.16. The van der Waals surface area contributed by atoms with Crippen molar-refractivity contribution in [2.24, 2.45) is 13.0 Å². The Morgan fingerprint density at radius 1 is 1.47 bits per heavy atom. The lowest BCUT2D eigenvalue weighted by atomic mass is 10.0. The molecule has 0 saturated heterocycles. The number of carboxylic acids is 1. The second-order valence-electron chi connectivity index (χ2n) is 5.01. The monoisotopic (exact) mass is 260 g/mol. The van der Waals surface area contributed by atoms with Crippen molar-refractivity contribution in [3.05, 3.63) is 18.6 Å². The van der Waals surface area contributed by atoms with Gasteiger partial charge in [-0.3, -0.25) is 4.79 Å². The van der Waals surface area contributed by atoms with E-state index in [-0.39, 0.29) is 12.0 Å². The Hall–Kier alpha value is -2.11. The molecule has 0 aromatic carbocycles. The second-order valence-corrected chi connectivity index (χ2v) is 5.01. The number of carbonyl (C=O) groups is 1. The molecule has 0 radical (unpaired) electrons. The fourth-order valence-electron chi connectivity index (χ4n) is 2.77. The van der Waals surface area contributed by atoms with Crippen LogP contribution in [0.25, 0.3) is 11.0 Å². The summed E-state index contributed by atoms with van der Waals surface area (Å²) >= 11 is 0. The van der Waals surface area contributed by atoms with E-state index >= 15 is 0 Å². The predicted molar refractivity (Wildman–Crippen MR) is 70.9 cm³/mol. The summed E-state index contributed by atoms with van der Waals surface area (Å²) < 4.78 is 1.92. The summed E-state index contributed by atoms with van der Waals surface area (Å²) in [5.74, 6) is -0.389. The van der Waals surface area contributed by atoms with Crippen molar-refractivity contribution in [1.29, 1.82) is 0 Å². The van der Waals surface area contributed by atoms with Crippen molar-refractivity contribution in [2.45, 2.75) is 25.3 Å². The Morgan fingerprint density at radius 2 is 2.32 bits per heavy atom. The highest BCUT2D eigenvalue weighted by Gasteiger charge is 2.33. The lowest BCUT2D eigenvalue weighted by Gasteiger charge is -2.18. The number of fused-ring (bicyclic) bond motifs is 1. The van der Waals surface area contributed by atoms with Crippen LogP contribution >= 0.6 is 0 Å². The molecule has 2 N–H and O–H groups in total. The molecular formula is C13H16N4O2. The Kier molecular flexibility index (Phi) is 2.85. The van der Waals surface area contributed by atoms with Crippen LogP contribution < -0.4 is 5.32 Å². The molecule has 1 aliphatic carbocycles. The minimum atomic E-state index is -0.733. The van der Waals surface area contributed by atoms with Gasteiger partial charge in [0.2, 0.25) is 0 Å². The number of hydrogen-bond acceptors (Lipinski definition) is 4. The lowest BCUT2D eigenvalue weighted by Crippen LogP contribution is -2.30. The van der Waals surface area contributed by atoms with Gasteiger partial charge < -0.3 is 15.0 Å². The zero-order valence-corrected chi connectivity index (χ0v) is 10.7. The number of aromatic nitrogens is 3. The highest BCUT2D eigenvalue weighted by atomic mass is 16.4. The minimum Gasteiger partial charge on any atom is -0.481 e. The Labute approximate surface area is 110 Å². The van der Waals surface area contributed by atoms with Crippen LogP contribution in [0.15, 0.2) is 18.6 Å². The van der Waals surface area contributed by atoms with E-state index in [9.17, 15) is 9.90 Å². The van der Waals surface area contributed by atoms with Crippen LogP contribution in [0.2, 0.25) is 0 Å². The van der Waals surface area contributed by atoms with E-state index in [4.69, 9.17) is 0 Å². The number of nitrogens with one attached hydrogen (secondary N) is 1. The van der Waals surface area contributed by atoms with Gasteiger partial charge in [0.25, 0.3) is 0 Å². The van der Waals surface area contributed by atoms with Crippen LogP contribution in [0.1, 0.15) is 19.3 Å². The first-order valence-corrected chi connectivity index (χ1v) is 6.42. The number of carboxylic acid groups (broad SMARTS) is 1. The van der Waals surface area contributed by atoms with E-state index in [0.29, 0.717) is 5.82 Å². The fraction of sp³-hybridized carbons (Fsp3) is 0.462. The molecule has 2 aromatic rings. The molecule has 0 spiro atoms. The third-order valence-electron chi connectivity index (χ3n) is 3.80. The summed E-state index contributed by atoms with van der Waals surface area (Å²) in [5.41, 5.74) is 1.78. The van der Waals surface area contributed by atoms with Gasteiger partial charge in [-0.25, -0.2) is 9.97 Å². The first kappa shape index (κ1) is 12.0. The molecule has 1 aliphatic rings. The van der Waals surface area contributed by atoms with Gasteiger partial charge in [-0.2, -0.15) is 0 Å². The second kappa shape index (κ2) is 4.53. The van der Waals surface area contributed by atoms with Crippen molar-refractivity contribution >= 4 is 22.8 Å². The van der Waals surface area contributed by atoms with E-state index < -0.39 is 5.97 Å². The van der Waals surface area contributed by atoms with E-state index in [0.717, 1.165) is 30.3 Å². The summed E-state index contributed by atoms with van der Waals surface area (Å²) in [6.07, 6.45) is 5.98. The highest BCUT2D eigenvalue weighted by molar-refractivity contribution is 5.86. The SMILES string of the molecule is Cn1cnc2c(NC3CCCC3C(=O)O)nccc21. The van der Waals surface area contributed by atoms with Gasteiger partial charge in [-0.05, 0) is 18.9 Å². The molecule has 2 unspecified atom stereocenters. The van der Waals surface area contributed by atoms with E-state index in [1.807, 2.05) is 17.7 Å². The number of rotatable bonds is 3. The third-order valence-corrected chi connectivity index (χ3v) is 3.80. The molecule has 6 heteroatoms. The summed E-state index contributed by atoms with van der Waals surface area (Å²) in [5, 5.41) is 12.5. The smallest absolute Gasteiger partial charge is 0.308 e. The van der Waals surface area contributed by atoms with Crippen LogP contribution in [-0.4, -0.2) is 31.7 Å². The maximum absolute atomic E-state index is 11.2. The van der Waals surface area contributed by atoms with Gasteiger partial charge in [0.1, 0.15) is 5.52 Å². The number of aryl methyl sites for hydroxylation is 1. The topological polar surface area (TPSA) is 80.0 Å². The predicted octanol–water partition coefficient (Wildman–Crippen LogP) is 1.63. The van der Waals surface area contributed by atoms with Crippen molar-refractivity contribution < 1.29 is 9.90 Å². The third kappa shape index (κ3) is 2.03. The first-order valence-electron chi connectivity index (χ1n) is 6.42. The van der Waals surface area contributed by atoms with Crippen molar-refractivity contribution in [1.82, 2.24) is 14.5 Å². The summed E-state index contributed by atoms with van der Waals surface area (Å²) in [6.45, 7) is 0. The molecule has 2 aromatic heterocycles. The van der Waals surface area contributed by atoms with Crippen molar-refractivity contribution in [2.75, 3.05) is 5.32 Å². The fourth-order valence-corrected chi connectivity index (χ4v) is 2.77. The van der Waals surface area contributed by atoms with Crippen LogP contribution in [0.4, 0.5) is 5.82 Å². The van der Waals surface area contributed by atoms with Crippen LogP contribution in [0.3, 0.4) is 0 Å². The molecular weight excluding hydrogens is 244 g/mol. The van der Waals surface area contributed by atoms with Crippen molar-refractivity contribution in [3.8, 4) is 0 Å². The Balaban J connectivity index is 1.91. The van der Waals surface area contributed by atoms with Gasteiger partial charge in [0.15, 0.2) is 5.82 Å². The number of imidazole rings is 1. The van der Waals surface area contributed by atoms with Crippen molar-refractivity contribution in [3.63, 3.8) is 0 Å². The maximum Gasteiger partial charge on any atom is 0.308 e. The molecule has 3 rings (SSSR count). The van der Waals surface area contributed by atoms with Crippen LogP contribution in [0, 0.1) is 5.92 Å². The lowest BCUT2D eigenvalue weighted by molar-refractivity contribution is -0.141. The van der Waals surface area contributed by atoms with E-state index in [2.05, 4.69) is 15.3 Å². The summed E-state index contributed by atoms with van der Waals surface area (Å²) in [6, 6.07) is 1.84. The number of nitrogens with zero attached hydrogens (tertiary/aromatic N) is 3. The quantitative estimate of drug-likeness (QED) is 0.876. The summed E-state index contributed by atoms with van der Waals surface area (Å²) in [7, 11) is 1.93. The van der Waals surface area contributed by atoms with Gasteiger partial charge in [0.05, 0.1) is 17.8 Å². The van der Waals surface area contributed by atoms with Crippen LogP contribution in [0.5, 0.6) is 0 Å². The number of aliphatic carboxylic acids is 1. The zero-order valence-electron chi connectivity index (χ0n) is 10.7. The molecule has 100 valence electrons. The van der Waals surface area contributed by atoms with E-state index in [1.54, 1.807) is 12.5 Å². The molecule has 0 amide bonds. The van der Waals surface area contributed by atoms with Gasteiger partial charge in [-0.15, -0.1) is 0 Å². The minimum absolute atomic E-state index is 0.0578. The normalized spacial score (nSPS) is 22.8. The highest BCUT2D eigenvalue weighted by Crippen LogP contribution is 2.30.